The molecular weight excluding hydrogens is 302 g/mol. The monoisotopic (exact) mass is 314 g/mol. The van der Waals surface area contributed by atoms with Gasteiger partial charge in [0.25, 0.3) is 0 Å². The second-order valence-corrected chi connectivity index (χ2v) is 6.09. The van der Waals surface area contributed by atoms with E-state index < -0.39 is 20.9 Å². The quantitative estimate of drug-likeness (QED) is 0.624. The normalized spacial score (nSPS) is 11.8. The third-order valence-corrected chi connectivity index (χ3v) is 4.49. The van der Waals surface area contributed by atoms with Gasteiger partial charge < -0.3 is 5.73 Å². The molecule has 0 radical (unpaired) electrons. The van der Waals surface area contributed by atoms with E-state index in [1.165, 1.54) is 6.07 Å². The van der Waals surface area contributed by atoms with E-state index in [9.17, 15) is 12.8 Å². The van der Waals surface area contributed by atoms with Crippen LogP contribution in [0.15, 0.2) is 17.0 Å². The van der Waals surface area contributed by atoms with Gasteiger partial charge in [0.15, 0.2) is 5.82 Å². The summed E-state index contributed by atoms with van der Waals surface area (Å²) in [6.07, 6.45) is 1.30. The maximum Gasteiger partial charge on any atom is 0.242 e. The lowest BCUT2D eigenvalue weighted by molar-refractivity contribution is 0.574. The van der Waals surface area contributed by atoms with Crippen LogP contribution in [0.2, 0.25) is 10.0 Å². The topological polar surface area (TPSA) is 72.2 Å². The fourth-order valence-corrected chi connectivity index (χ4v) is 3.09. The molecule has 0 aliphatic carbocycles. The van der Waals surface area contributed by atoms with Gasteiger partial charge in [-0.15, -0.1) is 0 Å². The van der Waals surface area contributed by atoms with Gasteiger partial charge in [0.2, 0.25) is 10.0 Å². The fourth-order valence-electron chi connectivity index (χ4n) is 1.27. The number of unbranched alkanes of at least 4 members (excludes halogenated alkanes) is 1. The summed E-state index contributed by atoms with van der Waals surface area (Å²) in [5.74, 6) is -0.942. The van der Waals surface area contributed by atoms with E-state index in [2.05, 4.69) is 4.72 Å². The lowest BCUT2D eigenvalue weighted by Gasteiger charge is -2.09. The van der Waals surface area contributed by atoms with Gasteiger partial charge in [0.05, 0.1) is 10.0 Å². The van der Waals surface area contributed by atoms with Crippen molar-refractivity contribution in [3.63, 3.8) is 0 Å². The van der Waals surface area contributed by atoms with Crippen LogP contribution < -0.4 is 10.5 Å². The number of hydrogen-bond acceptors (Lipinski definition) is 3. The number of nitrogens with two attached hydrogens (primary N) is 1. The van der Waals surface area contributed by atoms with Gasteiger partial charge in [-0.1, -0.05) is 23.2 Å². The maximum atomic E-state index is 13.4. The van der Waals surface area contributed by atoms with Gasteiger partial charge in [-0.2, -0.15) is 0 Å². The zero-order chi connectivity index (χ0) is 13.8. The summed E-state index contributed by atoms with van der Waals surface area (Å²) in [6.45, 7) is 0.707. The van der Waals surface area contributed by atoms with Crippen LogP contribution in [0.3, 0.4) is 0 Å². The first-order chi connectivity index (χ1) is 8.40. The molecule has 8 heteroatoms. The molecule has 0 heterocycles. The molecule has 0 saturated carbocycles. The van der Waals surface area contributed by atoms with Crippen LogP contribution in [-0.2, 0) is 10.0 Å². The Bertz CT molecular complexity index is 523. The summed E-state index contributed by atoms with van der Waals surface area (Å²) >= 11 is 11.1. The van der Waals surface area contributed by atoms with Gasteiger partial charge in [0.1, 0.15) is 4.90 Å². The Balaban J connectivity index is 2.89. The summed E-state index contributed by atoms with van der Waals surface area (Å²) in [5.41, 5.74) is 5.29. The minimum atomic E-state index is -3.83. The van der Waals surface area contributed by atoms with Gasteiger partial charge in [-0.05, 0) is 31.5 Å². The molecule has 3 N–H and O–H groups in total. The Morgan fingerprint density at radius 1 is 1.28 bits per heavy atom. The number of halogens is 3. The average Bonchev–Trinajstić information content (AvgIpc) is 2.31. The number of hydrogen-bond donors (Lipinski definition) is 2. The zero-order valence-electron chi connectivity index (χ0n) is 9.42. The van der Waals surface area contributed by atoms with Crippen LogP contribution in [0.4, 0.5) is 4.39 Å². The SMILES string of the molecule is NCCCCNS(=O)(=O)c1ccc(Cl)c(F)c1Cl. The highest BCUT2D eigenvalue weighted by atomic mass is 35.5. The zero-order valence-corrected chi connectivity index (χ0v) is 11.7. The molecule has 0 bridgehead atoms. The number of benzene rings is 1. The predicted octanol–water partition coefficient (Wildman–Crippen LogP) is 2.15. The summed E-state index contributed by atoms with van der Waals surface area (Å²) in [5, 5.41) is -0.726. The Hall–Kier alpha value is -0.400. The predicted molar refractivity (Wildman–Crippen MR) is 69.9 cm³/mol. The standard InChI is InChI=1S/C10H13Cl2FN2O2S/c11-7-3-4-8(9(12)10(7)13)18(16,17)15-6-2-1-5-14/h3-4,15H,1-2,5-6,14H2. The second kappa shape index (κ2) is 6.68. The first-order valence-electron chi connectivity index (χ1n) is 5.23. The molecule has 1 aromatic rings. The molecule has 4 nitrogen and oxygen atoms in total. The van der Waals surface area contributed by atoms with E-state index >= 15 is 0 Å². The molecule has 0 atom stereocenters. The van der Waals surface area contributed by atoms with E-state index in [-0.39, 0.29) is 16.5 Å². The highest BCUT2D eigenvalue weighted by Crippen LogP contribution is 2.29. The fraction of sp³-hybridized carbons (Fsp3) is 0.400. The Kier molecular flexibility index (Phi) is 5.81. The lowest BCUT2D eigenvalue weighted by Crippen LogP contribution is -2.25. The van der Waals surface area contributed by atoms with Crippen molar-refractivity contribution in [2.75, 3.05) is 13.1 Å². The smallest absolute Gasteiger partial charge is 0.242 e. The lowest BCUT2D eigenvalue weighted by atomic mass is 10.3. The third kappa shape index (κ3) is 3.80. The summed E-state index contributed by atoms with van der Waals surface area (Å²) < 4.78 is 39.4. The van der Waals surface area contributed by atoms with Crippen molar-refractivity contribution in [1.29, 1.82) is 0 Å². The molecule has 0 aliphatic rings. The number of sulfonamides is 1. The van der Waals surface area contributed by atoms with Crippen molar-refractivity contribution in [1.82, 2.24) is 4.72 Å². The molecule has 0 unspecified atom stereocenters. The maximum absolute atomic E-state index is 13.4. The van der Waals surface area contributed by atoms with E-state index in [0.717, 1.165) is 6.07 Å². The molecule has 1 aromatic carbocycles. The Morgan fingerprint density at radius 2 is 1.94 bits per heavy atom. The van der Waals surface area contributed by atoms with Crippen LogP contribution in [0.5, 0.6) is 0 Å². The van der Waals surface area contributed by atoms with E-state index in [4.69, 9.17) is 28.9 Å². The molecule has 0 saturated heterocycles. The van der Waals surface area contributed by atoms with Gasteiger partial charge in [-0.25, -0.2) is 17.5 Å². The third-order valence-electron chi connectivity index (χ3n) is 2.21. The number of nitrogens with one attached hydrogen (secondary N) is 1. The minimum absolute atomic E-state index is 0.220. The van der Waals surface area contributed by atoms with Crippen molar-refractivity contribution in [2.45, 2.75) is 17.7 Å². The first-order valence-corrected chi connectivity index (χ1v) is 7.47. The van der Waals surface area contributed by atoms with Crippen LogP contribution in [0, 0.1) is 5.82 Å². The van der Waals surface area contributed by atoms with Crippen molar-refractivity contribution in [2.24, 2.45) is 5.73 Å². The highest BCUT2D eigenvalue weighted by Gasteiger charge is 2.21. The molecule has 0 fully saturated rings. The average molecular weight is 315 g/mol. The largest absolute Gasteiger partial charge is 0.330 e. The highest BCUT2D eigenvalue weighted by molar-refractivity contribution is 7.89. The van der Waals surface area contributed by atoms with E-state index in [0.29, 0.717) is 19.4 Å². The molecule has 0 spiro atoms. The van der Waals surface area contributed by atoms with Crippen LogP contribution >= 0.6 is 23.2 Å². The first kappa shape index (κ1) is 15.7. The molecule has 1 rings (SSSR count). The molecule has 0 amide bonds. The van der Waals surface area contributed by atoms with Crippen molar-refractivity contribution < 1.29 is 12.8 Å². The molecule has 102 valence electrons. The minimum Gasteiger partial charge on any atom is -0.330 e. The summed E-state index contributed by atoms with van der Waals surface area (Å²) in [7, 11) is -3.83. The summed E-state index contributed by atoms with van der Waals surface area (Å²) in [4.78, 5) is -0.321. The summed E-state index contributed by atoms with van der Waals surface area (Å²) in [6, 6.07) is 2.32. The Labute approximate surface area is 115 Å². The van der Waals surface area contributed by atoms with Crippen LogP contribution in [0.1, 0.15) is 12.8 Å². The van der Waals surface area contributed by atoms with Crippen molar-refractivity contribution in [3.8, 4) is 0 Å². The molecule has 0 aliphatic heterocycles. The van der Waals surface area contributed by atoms with Crippen LogP contribution in [0.25, 0.3) is 0 Å². The van der Waals surface area contributed by atoms with Gasteiger partial charge in [-0.3, -0.25) is 0 Å². The number of rotatable bonds is 6. The van der Waals surface area contributed by atoms with Crippen molar-refractivity contribution in [3.05, 3.63) is 28.0 Å². The van der Waals surface area contributed by atoms with Crippen molar-refractivity contribution >= 4 is 33.2 Å². The molecule has 18 heavy (non-hydrogen) atoms. The van der Waals surface area contributed by atoms with Crippen LogP contribution in [-0.4, -0.2) is 21.5 Å². The molecule has 0 aromatic heterocycles. The van der Waals surface area contributed by atoms with Gasteiger partial charge >= 0.3 is 0 Å². The van der Waals surface area contributed by atoms with Gasteiger partial charge in [0, 0.05) is 6.54 Å². The molecular formula is C10H13Cl2FN2O2S. The van der Waals surface area contributed by atoms with E-state index in [1.807, 2.05) is 0 Å². The van der Waals surface area contributed by atoms with E-state index in [1.54, 1.807) is 0 Å². The Morgan fingerprint density at radius 3 is 2.56 bits per heavy atom. The second-order valence-electron chi connectivity index (χ2n) is 3.57.